The Morgan fingerprint density at radius 3 is 2.62 bits per heavy atom. The summed E-state index contributed by atoms with van der Waals surface area (Å²) in [5.74, 6) is 0.228. The molecule has 3 heterocycles. The average molecular weight is 287 g/mol. The molecule has 2 aliphatic rings. The highest BCUT2D eigenvalue weighted by Crippen LogP contribution is 2.32. The van der Waals surface area contributed by atoms with Gasteiger partial charge in [0, 0.05) is 51.8 Å². The highest BCUT2D eigenvalue weighted by molar-refractivity contribution is 5.76. The molecule has 0 radical (unpaired) electrons. The number of hydrogen-bond donors (Lipinski definition) is 0. The Hall–Kier alpha value is -1.82. The van der Waals surface area contributed by atoms with Gasteiger partial charge in [0.1, 0.15) is 0 Å². The van der Waals surface area contributed by atoms with Crippen LogP contribution in [0.1, 0.15) is 25.5 Å². The predicted octanol–water partition coefficient (Wildman–Crippen LogP) is 1.69. The number of hydrogen-bond acceptors (Lipinski definition) is 5. The Bertz CT molecular complexity index is 516. The van der Waals surface area contributed by atoms with E-state index in [1.54, 1.807) is 0 Å². The van der Waals surface area contributed by atoms with E-state index in [0.29, 0.717) is 6.42 Å². The van der Waals surface area contributed by atoms with Crippen LogP contribution in [0.3, 0.4) is 0 Å². The van der Waals surface area contributed by atoms with E-state index in [2.05, 4.69) is 20.1 Å². The lowest BCUT2D eigenvalue weighted by atomic mass is 10.1. The monoisotopic (exact) mass is 287 g/mol. The zero-order valence-corrected chi connectivity index (χ0v) is 12.4. The minimum absolute atomic E-state index is 0.228. The van der Waals surface area contributed by atoms with Gasteiger partial charge >= 0.3 is 0 Å². The van der Waals surface area contributed by atoms with E-state index in [9.17, 15) is 4.79 Å². The first-order chi connectivity index (χ1) is 10.1. The highest BCUT2D eigenvalue weighted by Gasteiger charge is 2.34. The molecule has 0 saturated carbocycles. The van der Waals surface area contributed by atoms with E-state index in [1.165, 1.54) is 0 Å². The van der Waals surface area contributed by atoms with Crippen LogP contribution in [-0.2, 0) is 11.3 Å². The lowest BCUT2D eigenvalue weighted by Gasteiger charge is -2.34. The fourth-order valence-corrected chi connectivity index (χ4v) is 2.56. The van der Waals surface area contributed by atoms with Crippen molar-refractivity contribution in [3.8, 4) is 0 Å². The Kier molecular flexibility index (Phi) is 3.96. The van der Waals surface area contributed by atoms with Crippen molar-refractivity contribution in [1.82, 2.24) is 14.8 Å². The maximum absolute atomic E-state index is 12.1. The summed E-state index contributed by atoms with van der Waals surface area (Å²) in [5, 5.41) is 7.90. The molecule has 112 valence electrons. The normalized spacial score (nSPS) is 20.5. The largest absolute Gasteiger partial charge is 0.340 e. The van der Waals surface area contributed by atoms with Crippen LogP contribution in [0, 0.1) is 0 Å². The Morgan fingerprint density at radius 2 is 2.00 bits per heavy atom. The molecule has 2 aliphatic heterocycles. The molecule has 1 fully saturated rings. The van der Waals surface area contributed by atoms with Gasteiger partial charge in [-0.05, 0) is 19.1 Å². The van der Waals surface area contributed by atoms with Gasteiger partial charge in [-0.3, -0.25) is 14.7 Å². The number of amides is 1. The number of piperazine rings is 1. The summed E-state index contributed by atoms with van der Waals surface area (Å²) < 4.78 is 0. The zero-order chi connectivity index (χ0) is 14.7. The SMILES string of the molecule is CC1(CCC(=O)N2CCN(Cc3ccccn3)CC2)N=N1. The summed E-state index contributed by atoms with van der Waals surface area (Å²) in [7, 11) is 0. The minimum Gasteiger partial charge on any atom is -0.340 e. The van der Waals surface area contributed by atoms with E-state index < -0.39 is 0 Å². The predicted molar refractivity (Wildman–Crippen MR) is 78.6 cm³/mol. The number of pyridine rings is 1. The van der Waals surface area contributed by atoms with Crippen LogP contribution in [0.25, 0.3) is 0 Å². The van der Waals surface area contributed by atoms with Crippen LogP contribution in [0.2, 0.25) is 0 Å². The van der Waals surface area contributed by atoms with Gasteiger partial charge in [0.15, 0.2) is 5.66 Å². The van der Waals surface area contributed by atoms with Crippen LogP contribution < -0.4 is 0 Å². The van der Waals surface area contributed by atoms with Gasteiger partial charge in [-0.1, -0.05) is 6.07 Å². The van der Waals surface area contributed by atoms with Crippen molar-refractivity contribution in [2.75, 3.05) is 26.2 Å². The second-order valence-corrected chi connectivity index (χ2v) is 5.90. The Morgan fingerprint density at radius 1 is 1.24 bits per heavy atom. The molecular weight excluding hydrogens is 266 g/mol. The van der Waals surface area contributed by atoms with Crippen molar-refractivity contribution in [3.63, 3.8) is 0 Å². The van der Waals surface area contributed by atoms with Crippen molar-refractivity contribution in [2.24, 2.45) is 10.2 Å². The van der Waals surface area contributed by atoms with Gasteiger partial charge in [-0.25, -0.2) is 0 Å². The van der Waals surface area contributed by atoms with Crippen molar-refractivity contribution >= 4 is 5.91 Å². The number of rotatable bonds is 5. The first kappa shape index (κ1) is 14.1. The molecule has 21 heavy (non-hydrogen) atoms. The Labute approximate surface area is 124 Å². The molecule has 0 N–H and O–H groups in total. The van der Waals surface area contributed by atoms with Gasteiger partial charge in [0.2, 0.25) is 5.91 Å². The van der Waals surface area contributed by atoms with Crippen molar-refractivity contribution in [3.05, 3.63) is 30.1 Å². The van der Waals surface area contributed by atoms with Crippen LogP contribution in [0.4, 0.5) is 0 Å². The molecular formula is C15H21N5O. The summed E-state index contributed by atoms with van der Waals surface area (Å²) in [5.41, 5.74) is 0.818. The third-order valence-corrected chi connectivity index (χ3v) is 4.09. The smallest absolute Gasteiger partial charge is 0.222 e. The Balaban J connectivity index is 1.41. The second-order valence-electron chi connectivity index (χ2n) is 5.90. The first-order valence-electron chi connectivity index (χ1n) is 7.49. The summed E-state index contributed by atoms with van der Waals surface area (Å²) >= 11 is 0. The summed E-state index contributed by atoms with van der Waals surface area (Å²) in [6, 6.07) is 5.98. The number of nitrogens with zero attached hydrogens (tertiary/aromatic N) is 5. The van der Waals surface area contributed by atoms with Crippen LogP contribution >= 0.6 is 0 Å². The molecule has 1 amide bonds. The molecule has 0 atom stereocenters. The van der Waals surface area contributed by atoms with Crippen LogP contribution in [-0.4, -0.2) is 52.5 Å². The topological polar surface area (TPSA) is 61.2 Å². The average Bonchev–Trinajstić information content (AvgIpc) is 3.25. The summed E-state index contributed by atoms with van der Waals surface area (Å²) in [6.45, 7) is 6.25. The molecule has 0 spiro atoms. The molecule has 1 aromatic rings. The molecule has 0 bridgehead atoms. The first-order valence-corrected chi connectivity index (χ1v) is 7.49. The van der Waals surface area contributed by atoms with Crippen LogP contribution in [0.5, 0.6) is 0 Å². The lowest BCUT2D eigenvalue weighted by Crippen LogP contribution is -2.48. The molecule has 1 saturated heterocycles. The third-order valence-electron chi connectivity index (χ3n) is 4.09. The number of carbonyl (C=O) groups is 1. The minimum atomic E-state index is -0.267. The molecule has 0 aromatic carbocycles. The number of carbonyl (C=O) groups excluding carboxylic acids is 1. The van der Waals surface area contributed by atoms with E-state index >= 15 is 0 Å². The summed E-state index contributed by atoms with van der Waals surface area (Å²) in [6.07, 6.45) is 3.10. The highest BCUT2D eigenvalue weighted by atomic mass is 16.2. The van der Waals surface area contributed by atoms with E-state index in [0.717, 1.165) is 44.8 Å². The van der Waals surface area contributed by atoms with Gasteiger partial charge in [-0.2, -0.15) is 10.2 Å². The second kappa shape index (κ2) is 5.89. The molecule has 3 rings (SSSR count). The maximum Gasteiger partial charge on any atom is 0.222 e. The fourth-order valence-electron chi connectivity index (χ4n) is 2.56. The molecule has 0 aliphatic carbocycles. The van der Waals surface area contributed by atoms with Gasteiger partial charge in [0.05, 0.1) is 5.69 Å². The molecule has 0 unspecified atom stereocenters. The standard InChI is InChI=1S/C15H21N5O/c1-15(17-18-15)6-5-14(21)20-10-8-19(9-11-20)12-13-4-2-3-7-16-13/h2-4,7H,5-6,8-12H2,1H3. The molecule has 6 heteroatoms. The van der Waals surface area contributed by atoms with E-state index in [-0.39, 0.29) is 11.6 Å². The van der Waals surface area contributed by atoms with Crippen molar-refractivity contribution in [2.45, 2.75) is 32.0 Å². The molecule has 1 aromatic heterocycles. The van der Waals surface area contributed by atoms with Crippen LogP contribution in [0.15, 0.2) is 34.6 Å². The van der Waals surface area contributed by atoms with Gasteiger partial charge in [-0.15, -0.1) is 0 Å². The van der Waals surface area contributed by atoms with Crippen molar-refractivity contribution < 1.29 is 4.79 Å². The third kappa shape index (κ3) is 3.85. The van der Waals surface area contributed by atoms with Gasteiger partial charge < -0.3 is 4.90 Å². The fraction of sp³-hybridized carbons (Fsp3) is 0.600. The zero-order valence-electron chi connectivity index (χ0n) is 12.4. The van der Waals surface area contributed by atoms with Gasteiger partial charge in [0.25, 0.3) is 0 Å². The van der Waals surface area contributed by atoms with E-state index in [4.69, 9.17) is 0 Å². The number of aromatic nitrogens is 1. The molecule has 6 nitrogen and oxygen atoms in total. The quantitative estimate of drug-likeness (QED) is 0.828. The maximum atomic E-state index is 12.1. The van der Waals surface area contributed by atoms with E-state index in [1.807, 2.05) is 36.2 Å². The summed E-state index contributed by atoms with van der Waals surface area (Å²) in [4.78, 5) is 20.8. The van der Waals surface area contributed by atoms with Crippen molar-refractivity contribution in [1.29, 1.82) is 0 Å². The lowest BCUT2D eigenvalue weighted by molar-refractivity contribution is -0.133.